The topological polar surface area (TPSA) is 184 Å². The standard InChI is InChI=1S/C30H42O13/c1-9-10-21(36)42-24-23(38-15(4)31)13(2)11-20-30(29(8,43-30)27(37)41-20)25(39-16(5)32)22-14(3)18(34)12-19(35)28(22,7)26(24)40-17(6)33/h11,14,18-20,22-26,34-35H,9-10,12H2,1-8H3. The van der Waals surface area contributed by atoms with E-state index < -0.39 is 101 Å². The molecule has 2 aliphatic carbocycles. The Labute approximate surface area is 250 Å². The zero-order valence-electron chi connectivity index (χ0n) is 25.8. The lowest BCUT2D eigenvalue weighted by Gasteiger charge is -2.57. The molecule has 0 amide bonds. The van der Waals surface area contributed by atoms with Crippen LogP contribution in [0.4, 0.5) is 0 Å². The number of hydrogen-bond acceptors (Lipinski definition) is 13. The molecule has 2 N–H and O–H groups in total. The summed E-state index contributed by atoms with van der Waals surface area (Å²) in [5.74, 6) is -5.50. The van der Waals surface area contributed by atoms with E-state index in [1.54, 1.807) is 27.7 Å². The van der Waals surface area contributed by atoms with Crippen molar-refractivity contribution in [1.82, 2.24) is 0 Å². The van der Waals surface area contributed by atoms with Crippen LogP contribution in [0.2, 0.25) is 0 Å². The molecule has 0 aromatic carbocycles. The molecular weight excluding hydrogens is 568 g/mol. The largest absolute Gasteiger partial charge is 0.459 e. The molecule has 0 radical (unpaired) electrons. The molecule has 4 aliphatic rings. The van der Waals surface area contributed by atoms with Crippen molar-refractivity contribution in [2.24, 2.45) is 17.3 Å². The zero-order chi connectivity index (χ0) is 32.2. The molecule has 4 rings (SSSR count). The number of esters is 5. The number of hydrogen-bond donors (Lipinski definition) is 2. The number of carbonyl (C=O) groups excluding carboxylic acids is 5. The summed E-state index contributed by atoms with van der Waals surface area (Å²) in [7, 11) is 0. The Balaban J connectivity index is 2.09. The maximum absolute atomic E-state index is 13.2. The fourth-order valence-electron chi connectivity index (χ4n) is 7.48. The smallest absolute Gasteiger partial charge is 0.342 e. The molecule has 43 heavy (non-hydrogen) atoms. The Kier molecular flexibility index (Phi) is 8.77. The maximum atomic E-state index is 13.2. The van der Waals surface area contributed by atoms with Crippen LogP contribution in [0.5, 0.6) is 0 Å². The van der Waals surface area contributed by atoms with Crippen LogP contribution >= 0.6 is 0 Å². The fourth-order valence-corrected chi connectivity index (χ4v) is 7.48. The van der Waals surface area contributed by atoms with E-state index >= 15 is 0 Å². The summed E-state index contributed by atoms with van der Waals surface area (Å²) >= 11 is 0. The van der Waals surface area contributed by atoms with Gasteiger partial charge in [-0.25, -0.2) is 4.79 Å². The van der Waals surface area contributed by atoms with E-state index in [0.29, 0.717) is 6.42 Å². The van der Waals surface area contributed by atoms with E-state index in [2.05, 4.69) is 0 Å². The summed E-state index contributed by atoms with van der Waals surface area (Å²) in [6.45, 7) is 11.6. The van der Waals surface area contributed by atoms with Crippen LogP contribution in [0.3, 0.4) is 0 Å². The number of aliphatic hydroxyl groups excluding tert-OH is 2. The minimum atomic E-state index is -1.64. The van der Waals surface area contributed by atoms with Gasteiger partial charge in [-0.2, -0.15) is 0 Å². The van der Waals surface area contributed by atoms with Gasteiger partial charge in [0, 0.05) is 44.9 Å². The van der Waals surface area contributed by atoms with E-state index in [4.69, 9.17) is 28.4 Å². The molecule has 0 aromatic rings. The molecule has 0 aromatic heterocycles. The first-order chi connectivity index (χ1) is 19.9. The molecule has 2 saturated heterocycles. The second-order valence-corrected chi connectivity index (χ2v) is 12.5. The highest BCUT2D eigenvalue weighted by atomic mass is 16.7. The van der Waals surface area contributed by atoms with Crippen molar-refractivity contribution in [2.45, 2.75) is 129 Å². The molecular formula is C30H42O13. The fraction of sp³-hybridized carbons (Fsp3) is 0.767. The Morgan fingerprint density at radius 2 is 1.56 bits per heavy atom. The van der Waals surface area contributed by atoms with Crippen molar-refractivity contribution in [2.75, 3.05) is 0 Å². The van der Waals surface area contributed by atoms with Crippen LogP contribution in [0.25, 0.3) is 0 Å². The molecule has 2 heterocycles. The van der Waals surface area contributed by atoms with Crippen LogP contribution in [0.15, 0.2) is 11.6 Å². The van der Waals surface area contributed by atoms with E-state index in [0.717, 1.165) is 13.8 Å². The molecule has 0 bridgehead atoms. The van der Waals surface area contributed by atoms with Crippen molar-refractivity contribution in [3.63, 3.8) is 0 Å². The summed E-state index contributed by atoms with van der Waals surface area (Å²) in [5, 5.41) is 23.0. The molecule has 13 heteroatoms. The molecule has 2 aliphatic heterocycles. The van der Waals surface area contributed by atoms with Gasteiger partial charge >= 0.3 is 29.8 Å². The third-order valence-electron chi connectivity index (χ3n) is 9.62. The summed E-state index contributed by atoms with van der Waals surface area (Å²) < 4.78 is 35.4. The number of aliphatic hydroxyl groups is 2. The third-order valence-corrected chi connectivity index (χ3v) is 9.62. The normalized spacial score (nSPS) is 43.4. The second-order valence-electron chi connectivity index (χ2n) is 12.5. The van der Waals surface area contributed by atoms with Crippen molar-refractivity contribution in [1.29, 1.82) is 0 Å². The van der Waals surface area contributed by atoms with E-state index in [1.807, 2.05) is 0 Å². The monoisotopic (exact) mass is 610 g/mol. The molecule has 12 unspecified atom stereocenters. The van der Waals surface area contributed by atoms with Crippen LogP contribution in [0.1, 0.15) is 74.7 Å². The Morgan fingerprint density at radius 3 is 2.09 bits per heavy atom. The van der Waals surface area contributed by atoms with Crippen molar-refractivity contribution < 1.29 is 62.6 Å². The molecule has 240 valence electrons. The summed E-state index contributed by atoms with van der Waals surface area (Å²) in [5.41, 5.74) is -4.56. The molecule has 12 atom stereocenters. The first-order valence-corrected chi connectivity index (χ1v) is 14.6. The quantitative estimate of drug-likeness (QED) is 0.190. The number of fused-ring (bicyclic) bond motifs is 1. The van der Waals surface area contributed by atoms with Gasteiger partial charge in [-0.3, -0.25) is 19.2 Å². The van der Waals surface area contributed by atoms with Gasteiger partial charge < -0.3 is 38.6 Å². The van der Waals surface area contributed by atoms with Gasteiger partial charge in [0.15, 0.2) is 35.6 Å². The summed E-state index contributed by atoms with van der Waals surface area (Å²) in [6.07, 6.45) is -7.68. The average molecular weight is 611 g/mol. The number of rotatable bonds is 6. The highest BCUT2D eigenvalue weighted by Gasteiger charge is 2.87. The van der Waals surface area contributed by atoms with Crippen LogP contribution in [-0.2, 0) is 52.4 Å². The SMILES string of the molecule is CCCC(=O)OC1C(OC(C)=O)C(C)=CC2OC(=O)C3(C)OC23C(OC(C)=O)C2C(C)C(O)CC(O)C2(C)C1OC(C)=O. The van der Waals surface area contributed by atoms with Crippen molar-refractivity contribution in [3.05, 3.63) is 11.6 Å². The van der Waals surface area contributed by atoms with Crippen molar-refractivity contribution in [3.8, 4) is 0 Å². The van der Waals surface area contributed by atoms with Gasteiger partial charge in [0.25, 0.3) is 0 Å². The predicted molar refractivity (Wildman–Crippen MR) is 145 cm³/mol. The average Bonchev–Trinajstić information content (AvgIpc) is 3.48. The first kappa shape index (κ1) is 32.9. The van der Waals surface area contributed by atoms with Gasteiger partial charge in [-0.05, 0) is 37.8 Å². The van der Waals surface area contributed by atoms with Gasteiger partial charge in [0.2, 0.25) is 0 Å². The van der Waals surface area contributed by atoms with Crippen LogP contribution < -0.4 is 0 Å². The molecule has 1 saturated carbocycles. The zero-order valence-corrected chi connectivity index (χ0v) is 25.8. The number of epoxide rings is 1. The number of carbonyl (C=O) groups is 5. The van der Waals surface area contributed by atoms with Crippen LogP contribution in [0, 0.1) is 17.3 Å². The van der Waals surface area contributed by atoms with Crippen LogP contribution in [-0.4, -0.2) is 94.0 Å². The highest BCUT2D eigenvalue weighted by molar-refractivity contribution is 5.89. The number of ether oxygens (including phenoxy) is 6. The lowest BCUT2D eigenvalue weighted by Crippen LogP contribution is -2.68. The van der Waals surface area contributed by atoms with Gasteiger partial charge in [-0.1, -0.05) is 20.8 Å². The van der Waals surface area contributed by atoms with E-state index in [1.165, 1.54) is 19.9 Å². The summed E-state index contributed by atoms with van der Waals surface area (Å²) in [4.78, 5) is 64.1. The Bertz CT molecular complexity index is 1210. The first-order valence-electron chi connectivity index (χ1n) is 14.6. The second kappa shape index (κ2) is 11.5. The van der Waals surface area contributed by atoms with Crippen molar-refractivity contribution >= 4 is 29.8 Å². The molecule has 1 spiro atoms. The third kappa shape index (κ3) is 5.22. The summed E-state index contributed by atoms with van der Waals surface area (Å²) in [6, 6.07) is 0. The Hall–Kier alpha value is -3.03. The minimum Gasteiger partial charge on any atom is -0.459 e. The Morgan fingerprint density at radius 1 is 0.977 bits per heavy atom. The van der Waals surface area contributed by atoms with Gasteiger partial charge in [0.05, 0.1) is 12.2 Å². The highest BCUT2D eigenvalue weighted by Crippen LogP contribution is 2.65. The maximum Gasteiger partial charge on any atom is 0.342 e. The molecule has 13 nitrogen and oxygen atoms in total. The van der Waals surface area contributed by atoms with Gasteiger partial charge in [-0.15, -0.1) is 0 Å². The predicted octanol–water partition coefficient (Wildman–Crippen LogP) is 1.29. The molecule has 3 fully saturated rings. The van der Waals surface area contributed by atoms with E-state index in [-0.39, 0.29) is 18.4 Å². The lowest BCUT2D eigenvalue weighted by atomic mass is 9.53. The van der Waals surface area contributed by atoms with E-state index in [9.17, 15) is 34.2 Å². The van der Waals surface area contributed by atoms with Gasteiger partial charge in [0.1, 0.15) is 6.10 Å². The minimum absolute atomic E-state index is 0.0116. The lowest BCUT2D eigenvalue weighted by molar-refractivity contribution is -0.247.